The van der Waals surface area contributed by atoms with Crippen LogP contribution in [0.2, 0.25) is 0 Å². The summed E-state index contributed by atoms with van der Waals surface area (Å²) in [7, 11) is -0.0675. The Morgan fingerprint density at radius 2 is 2.19 bits per heavy atom. The van der Waals surface area contributed by atoms with Gasteiger partial charge in [0.25, 0.3) is 0 Å². The summed E-state index contributed by atoms with van der Waals surface area (Å²) in [5.74, 6) is 0.412. The average molecular weight is 316 g/mol. The van der Waals surface area contributed by atoms with E-state index in [1.54, 1.807) is 14.2 Å². The predicted octanol–water partition coefficient (Wildman–Crippen LogP) is 0.389. The topological polar surface area (TPSA) is 78.5 Å². The van der Waals surface area contributed by atoms with Gasteiger partial charge in [0, 0.05) is 33.4 Å². The zero-order valence-corrected chi connectivity index (χ0v) is 13.5. The molecule has 0 aromatic carbocycles. The van der Waals surface area contributed by atoms with E-state index >= 15 is 0 Å². The minimum Gasteiger partial charge on any atom is -0.383 e. The van der Waals surface area contributed by atoms with E-state index in [1.165, 1.54) is 16.7 Å². The summed E-state index contributed by atoms with van der Waals surface area (Å²) in [6, 6.07) is 0. The molecule has 1 aliphatic heterocycles. The molecular weight excluding hydrogens is 292 g/mol. The van der Waals surface area contributed by atoms with Crippen molar-refractivity contribution in [3.63, 3.8) is 0 Å². The molecular formula is C13H24N4O3S. The van der Waals surface area contributed by atoms with Crippen LogP contribution in [0, 0.1) is 5.92 Å². The van der Waals surface area contributed by atoms with Crippen LogP contribution in [-0.4, -0.2) is 74.8 Å². The monoisotopic (exact) mass is 316 g/mol. The molecule has 7 nitrogen and oxygen atoms in total. The molecule has 0 bridgehead atoms. The summed E-state index contributed by atoms with van der Waals surface area (Å²) in [5.41, 5.74) is 0. The number of methoxy groups -OCH3 is 1. The zero-order valence-electron chi connectivity index (χ0n) is 12.7. The van der Waals surface area contributed by atoms with E-state index in [9.17, 15) is 8.42 Å². The standard InChI is InChI=1S/C13H24N4O3S/c1-16(21(18,19)13-9-14-15-10-13)11-12-3-5-17(6-4-12)7-8-20-2/h9-10,12H,3-8,11H2,1-2H3,(H,14,15). The van der Waals surface area contributed by atoms with Crippen molar-refractivity contribution < 1.29 is 13.2 Å². The number of piperidine rings is 1. The summed E-state index contributed by atoms with van der Waals surface area (Å²) >= 11 is 0. The van der Waals surface area contributed by atoms with Crippen LogP contribution in [0.3, 0.4) is 0 Å². The van der Waals surface area contributed by atoms with Crippen LogP contribution in [0.1, 0.15) is 12.8 Å². The van der Waals surface area contributed by atoms with Crippen molar-refractivity contribution in [3.05, 3.63) is 12.4 Å². The number of aromatic nitrogens is 2. The predicted molar refractivity (Wildman–Crippen MR) is 79.4 cm³/mol. The van der Waals surface area contributed by atoms with Crippen molar-refractivity contribution in [3.8, 4) is 0 Å². The number of sulfonamides is 1. The molecule has 0 unspecified atom stereocenters. The highest BCUT2D eigenvalue weighted by Gasteiger charge is 2.26. The van der Waals surface area contributed by atoms with Gasteiger partial charge in [-0.1, -0.05) is 0 Å². The Bertz CT molecular complexity index is 510. The zero-order chi connectivity index (χ0) is 15.3. The quantitative estimate of drug-likeness (QED) is 0.787. The molecule has 1 aromatic heterocycles. The second kappa shape index (κ2) is 7.35. The molecule has 0 saturated carbocycles. The van der Waals surface area contributed by atoms with E-state index in [0.717, 1.165) is 39.1 Å². The van der Waals surface area contributed by atoms with Crippen molar-refractivity contribution in [2.45, 2.75) is 17.7 Å². The van der Waals surface area contributed by atoms with Crippen LogP contribution >= 0.6 is 0 Å². The number of H-pyrrole nitrogens is 1. The van der Waals surface area contributed by atoms with Gasteiger partial charge < -0.3 is 9.64 Å². The first-order valence-corrected chi connectivity index (χ1v) is 8.64. The Morgan fingerprint density at radius 3 is 2.76 bits per heavy atom. The lowest BCUT2D eigenvalue weighted by atomic mass is 9.97. The normalized spacial score (nSPS) is 18.4. The molecule has 1 aromatic rings. The number of aromatic amines is 1. The van der Waals surface area contributed by atoms with Gasteiger partial charge in [-0.05, 0) is 31.8 Å². The van der Waals surface area contributed by atoms with Gasteiger partial charge in [0.15, 0.2) is 0 Å². The summed E-state index contributed by atoms with van der Waals surface area (Å²) in [5, 5.41) is 6.25. The second-order valence-electron chi connectivity index (χ2n) is 5.50. The minimum atomic E-state index is -3.42. The molecule has 1 fully saturated rings. The molecule has 0 radical (unpaired) electrons. The van der Waals surface area contributed by atoms with Crippen LogP contribution in [0.15, 0.2) is 17.3 Å². The number of rotatable bonds is 7. The fourth-order valence-electron chi connectivity index (χ4n) is 2.63. The van der Waals surface area contributed by atoms with Crippen molar-refractivity contribution in [1.82, 2.24) is 19.4 Å². The third-order valence-electron chi connectivity index (χ3n) is 4.02. The molecule has 1 aliphatic rings. The first kappa shape index (κ1) is 16.4. The highest BCUT2D eigenvalue weighted by atomic mass is 32.2. The Balaban J connectivity index is 1.83. The smallest absolute Gasteiger partial charge is 0.245 e. The molecule has 1 N–H and O–H groups in total. The number of nitrogens with one attached hydrogen (secondary N) is 1. The molecule has 8 heteroatoms. The van der Waals surface area contributed by atoms with Gasteiger partial charge in [-0.3, -0.25) is 5.10 Å². The third-order valence-corrected chi connectivity index (χ3v) is 5.80. The Morgan fingerprint density at radius 1 is 1.48 bits per heavy atom. The molecule has 120 valence electrons. The summed E-state index contributed by atoms with van der Waals surface area (Å²) in [4.78, 5) is 2.59. The maximum atomic E-state index is 12.3. The molecule has 2 heterocycles. The Labute approximate surface area is 126 Å². The summed E-state index contributed by atoms with van der Waals surface area (Å²) in [6.45, 7) is 4.28. The number of hydrogen-bond donors (Lipinski definition) is 1. The third kappa shape index (κ3) is 4.26. The van der Waals surface area contributed by atoms with E-state index in [0.29, 0.717) is 12.5 Å². The van der Waals surface area contributed by atoms with Gasteiger partial charge in [0.1, 0.15) is 4.90 Å². The van der Waals surface area contributed by atoms with Crippen LogP contribution in [0.4, 0.5) is 0 Å². The number of ether oxygens (including phenoxy) is 1. The van der Waals surface area contributed by atoms with Gasteiger partial charge in [-0.2, -0.15) is 5.10 Å². The van der Waals surface area contributed by atoms with Gasteiger partial charge in [-0.25, -0.2) is 12.7 Å². The van der Waals surface area contributed by atoms with Crippen molar-refractivity contribution >= 4 is 10.0 Å². The lowest BCUT2D eigenvalue weighted by molar-refractivity contribution is 0.116. The lowest BCUT2D eigenvalue weighted by Gasteiger charge is -2.33. The summed E-state index contributed by atoms with van der Waals surface area (Å²) < 4.78 is 31.1. The molecule has 0 amide bonds. The van der Waals surface area contributed by atoms with Crippen LogP contribution in [0.5, 0.6) is 0 Å². The molecule has 1 saturated heterocycles. The summed E-state index contributed by atoms with van der Waals surface area (Å²) in [6.07, 6.45) is 4.81. The molecule has 0 atom stereocenters. The average Bonchev–Trinajstić information content (AvgIpc) is 3.01. The molecule has 0 spiro atoms. The Kier molecular flexibility index (Phi) is 5.74. The fourth-order valence-corrected chi connectivity index (χ4v) is 3.79. The molecule has 2 rings (SSSR count). The highest BCUT2D eigenvalue weighted by molar-refractivity contribution is 7.89. The van der Waals surface area contributed by atoms with E-state index in [4.69, 9.17) is 4.74 Å². The van der Waals surface area contributed by atoms with Crippen molar-refractivity contribution in [1.29, 1.82) is 0 Å². The SMILES string of the molecule is COCCN1CCC(CN(C)S(=O)(=O)c2cn[nH]c2)CC1. The van der Waals surface area contributed by atoms with E-state index in [-0.39, 0.29) is 4.90 Å². The molecule has 21 heavy (non-hydrogen) atoms. The number of nitrogens with zero attached hydrogens (tertiary/aromatic N) is 3. The lowest BCUT2D eigenvalue weighted by Crippen LogP contribution is -2.40. The van der Waals surface area contributed by atoms with Crippen molar-refractivity contribution in [2.24, 2.45) is 5.92 Å². The second-order valence-corrected chi connectivity index (χ2v) is 7.54. The highest BCUT2D eigenvalue weighted by Crippen LogP contribution is 2.21. The van der Waals surface area contributed by atoms with Gasteiger partial charge in [0.2, 0.25) is 10.0 Å². The number of likely N-dealkylation sites (tertiary alicyclic amines) is 1. The van der Waals surface area contributed by atoms with E-state index < -0.39 is 10.0 Å². The first-order valence-electron chi connectivity index (χ1n) is 7.20. The fraction of sp³-hybridized carbons (Fsp3) is 0.769. The molecule has 0 aliphatic carbocycles. The largest absolute Gasteiger partial charge is 0.383 e. The van der Waals surface area contributed by atoms with Gasteiger partial charge in [-0.15, -0.1) is 0 Å². The minimum absolute atomic E-state index is 0.225. The van der Waals surface area contributed by atoms with Crippen LogP contribution in [0.25, 0.3) is 0 Å². The van der Waals surface area contributed by atoms with Crippen LogP contribution < -0.4 is 0 Å². The Hall–Kier alpha value is -0.960. The van der Waals surface area contributed by atoms with Crippen LogP contribution in [-0.2, 0) is 14.8 Å². The van der Waals surface area contributed by atoms with E-state index in [2.05, 4.69) is 15.1 Å². The van der Waals surface area contributed by atoms with Gasteiger partial charge >= 0.3 is 0 Å². The maximum Gasteiger partial charge on any atom is 0.245 e. The van der Waals surface area contributed by atoms with Crippen molar-refractivity contribution in [2.75, 3.05) is 46.9 Å². The number of hydrogen-bond acceptors (Lipinski definition) is 5. The van der Waals surface area contributed by atoms with E-state index in [1.807, 2.05) is 0 Å². The first-order chi connectivity index (χ1) is 10.0. The van der Waals surface area contributed by atoms with Gasteiger partial charge in [0.05, 0.1) is 12.8 Å². The maximum absolute atomic E-state index is 12.3.